The molecule has 0 N–H and O–H groups in total. The van der Waals surface area contributed by atoms with Crippen molar-refractivity contribution >= 4 is 0 Å². The van der Waals surface area contributed by atoms with Crippen molar-refractivity contribution in [2.24, 2.45) is 10.2 Å². The number of benzene rings is 3. The van der Waals surface area contributed by atoms with Crippen molar-refractivity contribution in [2.75, 3.05) is 27.1 Å². The Morgan fingerprint density at radius 2 is 1.45 bits per heavy atom. The summed E-state index contributed by atoms with van der Waals surface area (Å²) in [6, 6.07) is 28.4. The van der Waals surface area contributed by atoms with Gasteiger partial charge in [-0.1, -0.05) is 101 Å². The van der Waals surface area contributed by atoms with Crippen LogP contribution in [-0.4, -0.2) is 57.2 Å². The predicted molar refractivity (Wildman–Crippen MR) is 157 cm³/mol. The van der Waals surface area contributed by atoms with Crippen molar-refractivity contribution in [3.05, 3.63) is 129 Å². The molecule has 0 bridgehead atoms. The fourth-order valence-corrected chi connectivity index (χ4v) is 5.23. The lowest BCUT2D eigenvalue weighted by molar-refractivity contribution is -0.284. The van der Waals surface area contributed by atoms with Crippen molar-refractivity contribution in [2.45, 2.75) is 55.9 Å². The number of hydrogen-bond acceptors (Lipinski definition) is 7. The summed E-state index contributed by atoms with van der Waals surface area (Å²) in [6.07, 6.45) is -1.02. The summed E-state index contributed by atoms with van der Waals surface area (Å²) in [5.74, 6) is -0.897. The summed E-state index contributed by atoms with van der Waals surface area (Å²) in [5, 5.41) is 8.00. The molecule has 11 heteroatoms. The van der Waals surface area contributed by atoms with Crippen LogP contribution < -0.4 is 0 Å². The molecule has 0 radical (unpaired) electrons. The summed E-state index contributed by atoms with van der Waals surface area (Å²) >= 11 is 0. The van der Waals surface area contributed by atoms with Crippen LogP contribution in [0.1, 0.15) is 37.0 Å². The van der Waals surface area contributed by atoms with Gasteiger partial charge in [-0.3, -0.25) is 0 Å². The maximum Gasteiger partial charge on any atom is 0.163 e. The van der Waals surface area contributed by atoms with Crippen molar-refractivity contribution < 1.29 is 23.7 Å². The first-order valence-electron chi connectivity index (χ1n) is 13.7. The second kappa shape index (κ2) is 14.8. The third-order valence-electron chi connectivity index (χ3n) is 7.17. The lowest BCUT2D eigenvalue weighted by atomic mass is 9.80. The molecule has 0 amide bonds. The third kappa shape index (κ3) is 7.47. The van der Waals surface area contributed by atoms with E-state index in [-0.39, 0.29) is 26.4 Å². The smallest absolute Gasteiger partial charge is 0.163 e. The fourth-order valence-electron chi connectivity index (χ4n) is 5.23. The van der Waals surface area contributed by atoms with Crippen LogP contribution in [0.25, 0.3) is 20.9 Å². The summed E-state index contributed by atoms with van der Waals surface area (Å²) < 4.78 is 30.1. The number of methoxy groups -OCH3 is 1. The first-order chi connectivity index (χ1) is 20.4. The molecule has 0 aliphatic carbocycles. The first kappa shape index (κ1) is 31.0. The topological polar surface area (TPSA) is 144 Å². The van der Waals surface area contributed by atoms with Crippen LogP contribution in [0.2, 0.25) is 0 Å². The van der Waals surface area contributed by atoms with E-state index in [1.807, 2.05) is 91.0 Å². The highest BCUT2D eigenvalue weighted by Crippen LogP contribution is 2.41. The summed E-state index contributed by atoms with van der Waals surface area (Å²) in [6.45, 7) is 3.71. The van der Waals surface area contributed by atoms with Gasteiger partial charge in [0.1, 0.15) is 12.4 Å². The average Bonchev–Trinajstić information content (AvgIpc) is 3.02. The molecule has 1 aliphatic rings. The quantitative estimate of drug-likeness (QED) is 0.0679. The molecular weight excluding hydrogens is 536 g/mol. The van der Waals surface area contributed by atoms with E-state index in [9.17, 15) is 5.53 Å². The van der Waals surface area contributed by atoms with E-state index in [1.54, 1.807) is 13.8 Å². The molecule has 220 valence electrons. The van der Waals surface area contributed by atoms with Crippen LogP contribution in [0.15, 0.2) is 101 Å². The largest absolute Gasteiger partial charge is 0.360 e. The van der Waals surface area contributed by atoms with Gasteiger partial charge in [0.2, 0.25) is 0 Å². The molecule has 4 rings (SSSR count). The normalized spacial score (nSPS) is 19.6. The molecular formula is C31H36N6O5. The van der Waals surface area contributed by atoms with Gasteiger partial charge in [0.05, 0.1) is 37.5 Å². The Balaban J connectivity index is 1.73. The summed E-state index contributed by atoms with van der Waals surface area (Å²) in [5.41, 5.74) is 20.5. The Labute approximate surface area is 245 Å². The van der Waals surface area contributed by atoms with Crippen LogP contribution in [0, 0.1) is 0 Å². The van der Waals surface area contributed by atoms with Gasteiger partial charge in [0.15, 0.2) is 5.79 Å². The van der Waals surface area contributed by atoms with E-state index in [0.29, 0.717) is 0 Å². The highest BCUT2D eigenvalue weighted by atomic mass is 16.7. The van der Waals surface area contributed by atoms with Crippen LogP contribution in [0.5, 0.6) is 0 Å². The maximum absolute atomic E-state index is 9.61. The monoisotopic (exact) mass is 572 g/mol. The number of hydrogen-bond donors (Lipinski definition) is 0. The average molecular weight is 573 g/mol. The molecule has 1 saturated heterocycles. The van der Waals surface area contributed by atoms with Crippen molar-refractivity contribution in [3.8, 4) is 0 Å². The van der Waals surface area contributed by atoms with Gasteiger partial charge in [-0.05, 0) is 41.6 Å². The summed E-state index contributed by atoms with van der Waals surface area (Å²) in [7, 11) is 1.51. The lowest BCUT2D eigenvalue weighted by Gasteiger charge is -2.41. The van der Waals surface area contributed by atoms with Crippen LogP contribution in [-0.2, 0) is 29.3 Å². The van der Waals surface area contributed by atoms with Gasteiger partial charge >= 0.3 is 0 Å². The zero-order valence-corrected chi connectivity index (χ0v) is 24.0. The van der Waals surface area contributed by atoms with E-state index in [4.69, 9.17) is 29.2 Å². The molecule has 11 nitrogen and oxygen atoms in total. The second-order valence-corrected chi connectivity index (χ2v) is 10.3. The molecule has 4 atom stereocenters. The van der Waals surface area contributed by atoms with Gasteiger partial charge in [-0.15, -0.1) is 0 Å². The zero-order valence-electron chi connectivity index (χ0n) is 24.0. The van der Waals surface area contributed by atoms with Crippen molar-refractivity contribution in [3.63, 3.8) is 0 Å². The van der Waals surface area contributed by atoms with E-state index < -0.39 is 35.7 Å². The Morgan fingerprint density at radius 3 is 1.93 bits per heavy atom. The highest BCUT2D eigenvalue weighted by Gasteiger charge is 2.41. The molecule has 1 aliphatic heterocycles. The molecule has 3 aromatic rings. The number of nitrogens with zero attached hydrogens (tertiary/aromatic N) is 6. The molecule has 0 aromatic heterocycles. The minimum Gasteiger partial charge on any atom is -0.360 e. The van der Waals surface area contributed by atoms with Crippen molar-refractivity contribution in [1.82, 2.24) is 0 Å². The summed E-state index contributed by atoms with van der Waals surface area (Å²) in [4.78, 5) is 6.11. The number of azide groups is 2. The Hall–Kier alpha value is -3.92. The third-order valence-corrected chi connectivity index (χ3v) is 7.17. The molecule has 1 fully saturated rings. The fraction of sp³-hybridized carbons (Fsp3) is 0.419. The molecule has 0 saturated carbocycles. The standard InChI is InChI=1S/C31H36N6O5/c1-30(2)40-20-27(35-37-33)29(42-30)19-28(39-22-38-3)26(34-36-32)21-41-31(23-13-7-4-8-14-23,24-15-9-5-10-16-24)25-17-11-6-12-18-25/h4-18,26-29H,19-22H2,1-3H3/t26-,27-,28+,29+/m1/s1. The van der Waals surface area contributed by atoms with Crippen molar-refractivity contribution in [1.29, 1.82) is 0 Å². The van der Waals surface area contributed by atoms with Crippen LogP contribution in [0.3, 0.4) is 0 Å². The Morgan fingerprint density at radius 1 is 0.905 bits per heavy atom. The molecule has 0 unspecified atom stereocenters. The van der Waals surface area contributed by atoms with Gasteiger partial charge < -0.3 is 23.7 Å². The molecule has 3 aromatic carbocycles. The molecule has 1 heterocycles. The predicted octanol–water partition coefficient (Wildman–Crippen LogP) is 6.88. The van der Waals surface area contributed by atoms with E-state index in [0.717, 1.165) is 16.7 Å². The minimum absolute atomic E-state index is 0.00405. The zero-order chi connectivity index (χ0) is 29.8. The Bertz CT molecular complexity index is 1250. The van der Waals surface area contributed by atoms with E-state index >= 15 is 0 Å². The van der Waals surface area contributed by atoms with Gasteiger partial charge in [0, 0.05) is 23.4 Å². The van der Waals surface area contributed by atoms with Crippen LogP contribution >= 0.6 is 0 Å². The highest BCUT2D eigenvalue weighted by molar-refractivity contribution is 5.47. The van der Waals surface area contributed by atoms with Gasteiger partial charge in [-0.2, -0.15) is 0 Å². The van der Waals surface area contributed by atoms with E-state index in [1.165, 1.54) is 7.11 Å². The molecule has 42 heavy (non-hydrogen) atoms. The number of rotatable bonds is 14. The Kier molecular flexibility index (Phi) is 10.9. The second-order valence-electron chi connectivity index (χ2n) is 10.3. The minimum atomic E-state index is -1.02. The van der Waals surface area contributed by atoms with E-state index in [2.05, 4.69) is 20.1 Å². The molecule has 0 spiro atoms. The lowest BCUT2D eigenvalue weighted by Crippen LogP contribution is -2.50. The van der Waals surface area contributed by atoms with Gasteiger partial charge in [-0.25, -0.2) is 0 Å². The van der Waals surface area contributed by atoms with Crippen LogP contribution in [0.4, 0.5) is 0 Å². The maximum atomic E-state index is 9.61. The SMILES string of the molecule is COCO[C@@H](C[C@@H]1OC(C)(C)OC[C@H]1N=[N+]=[N-])[C@@H](COC(c1ccccc1)(c1ccccc1)c1ccccc1)N=[N+]=[N-]. The van der Waals surface area contributed by atoms with Gasteiger partial charge in [0.25, 0.3) is 0 Å². The first-order valence-corrected chi connectivity index (χ1v) is 13.7. The number of ether oxygens (including phenoxy) is 5.